The molecule has 1 saturated heterocycles. The van der Waals surface area contributed by atoms with Crippen LogP contribution in [-0.2, 0) is 4.79 Å². The highest BCUT2D eigenvalue weighted by atomic mass is 16.6. The number of nitrogens with zero attached hydrogens (tertiary/aromatic N) is 3. The quantitative estimate of drug-likeness (QED) is 0.417. The second-order valence-corrected chi connectivity index (χ2v) is 7.52. The van der Waals surface area contributed by atoms with Crippen LogP contribution in [0.15, 0.2) is 48.5 Å². The molecule has 2 heterocycles. The smallest absolute Gasteiger partial charge is 0.269 e. The van der Waals surface area contributed by atoms with Crippen molar-refractivity contribution in [1.82, 2.24) is 9.88 Å². The Morgan fingerprint density at radius 1 is 1.09 bits per heavy atom. The van der Waals surface area contributed by atoms with E-state index < -0.39 is 4.92 Å². The molecule has 4 rings (SSSR count). The summed E-state index contributed by atoms with van der Waals surface area (Å²) in [5.41, 5.74) is 0.630. The molecule has 0 spiro atoms. The molecule has 0 saturated carbocycles. The number of likely N-dealkylation sites (tertiary alicyclic amines) is 1. The lowest BCUT2D eigenvalue weighted by Gasteiger charge is -2.31. The standard InChI is InChI=1S/C23H23N3O6/c1-15(27)25-11-9-18(10-12-25)31-19-7-8-20-21(13-19)24-23(30-2)14-22(20)32-17-5-3-16(4-6-17)26(28)29/h3-8,13-14,18H,9-12H2,1-2H3. The zero-order valence-corrected chi connectivity index (χ0v) is 17.8. The van der Waals surface area contributed by atoms with Crippen LogP contribution in [0.25, 0.3) is 10.9 Å². The van der Waals surface area contributed by atoms with Crippen LogP contribution in [0.2, 0.25) is 0 Å². The van der Waals surface area contributed by atoms with E-state index in [0.29, 0.717) is 41.7 Å². The molecule has 0 atom stereocenters. The fourth-order valence-corrected chi connectivity index (χ4v) is 3.66. The van der Waals surface area contributed by atoms with E-state index in [-0.39, 0.29) is 17.7 Å². The lowest BCUT2D eigenvalue weighted by atomic mass is 10.1. The maximum absolute atomic E-state index is 11.5. The van der Waals surface area contributed by atoms with Crippen molar-refractivity contribution >= 4 is 22.5 Å². The number of piperidine rings is 1. The minimum Gasteiger partial charge on any atom is -0.490 e. The number of hydrogen-bond donors (Lipinski definition) is 0. The average molecular weight is 437 g/mol. The number of hydrogen-bond acceptors (Lipinski definition) is 7. The molecule has 32 heavy (non-hydrogen) atoms. The van der Waals surface area contributed by atoms with Gasteiger partial charge in [-0.3, -0.25) is 14.9 Å². The Bertz CT molecular complexity index is 1140. The Labute approximate surface area is 184 Å². The van der Waals surface area contributed by atoms with E-state index in [1.54, 1.807) is 25.1 Å². The number of aromatic nitrogens is 1. The van der Waals surface area contributed by atoms with Crippen molar-refractivity contribution in [2.75, 3.05) is 20.2 Å². The van der Waals surface area contributed by atoms with Gasteiger partial charge in [-0.2, -0.15) is 0 Å². The summed E-state index contributed by atoms with van der Waals surface area (Å²) < 4.78 is 17.4. The minimum absolute atomic E-state index is 0.00885. The van der Waals surface area contributed by atoms with Gasteiger partial charge in [0.15, 0.2) is 0 Å². The number of carbonyl (C=O) groups is 1. The number of pyridine rings is 1. The number of non-ortho nitro benzene ring substituents is 1. The number of carbonyl (C=O) groups excluding carboxylic acids is 1. The maximum atomic E-state index is 11.5. The summed E-state index contributed by atoms with van der Waals surface area (Å²) in [5.74, 6) is 2.12. The lowest BCUT2D eigenvalue weighted by Crippen LogP contribution is -2.40. The maximum Gasteiger partial charge on any atom is 0.269 e. The molecule has 2 aromatic carbocycles. The van der Waals surface area contributed by atoms with Crippen molar-refractivity contribution in [2.45, 2.75) is 25.9 Å². The van der Waals surface area contributed by atoms with E-state index in [2.05, 4.69) is 4.98 Å². The summed E-state index contributed by atoms with van der Waals surface area (Å²) in [6.45, 7) is 2.96. The molecular formula is C23H23N3O6. The van der Waals surface area contributed by atoms with Crippen LogP contribution in [0.5, 0.6) is 23.1 Å². The molecule has 0 bridgehead atoms. The van der Waals surface area contributed by atoms with Crippen molar-refractivity contribution in [3.8, 4) is 23.1 Å². The van der Waals surface area contributed by atoms with Crippen LogP contribution in [0.4, 0.5) is 5.69 Å². The molecule has 9 heteroatoms. The topological polar surface area (TPSA) is 104 Å². The van der Waals surface area contributed by atoms with Gasteiger partial charge in [0.05, 0.1) is 17.5 Å². The Hall–Kier alpha value is -3.88. The summed E-state index contributed by atoms with van der Waals surface area (Å²) in [7, 11) is 1.52. The third kappa shape index (κ3) is 4.72. The number of fused-ring (bicyclic) bond motifs is 1. The number of benzene rings is 2. The molecule has 0 unspecified atom stereocenters. The second kappa shape index (κ2) is 9.09. The van der Waals surface area contributed by atoms with Crippen LogP contribution >= 0.6 is 0 Å². The molecule has 1 aliphatic rings. The summed E-state index contributed by atoms with van der Waals surface area (Å²) >= 11 is 0. The highest BCUT2D eigenvalue weighted by molar-refractivity contribution is 5.87. The normalized spacial score (nSPS) is 14.2. The number of amides is 1. The Balaban J connectivity index is 1.55. The molecular weight excluding hydrogens is 414 g/mol. The molecule has 0 aliphatic carbocycles. The van der Waals surface area contributed by atoms with Crippen molar-refractivity contribution < 1.29 is 23.9 Å². The van der Waals surface area contributed by atoms with Gasteiger partial charge in [-0.05, 0) is 24.3 Å². The zero-order valence-electron chi connectivity index (χ0n) is 17.8. The Kier molecular flexibility index (Phi) is 6.07. The Morgan fingerprint density at radius 2 is 1.78 bits per heavy atom. The van der Waals surface area contributed by atoms with Gasteiger partial charge in [-0.25, -0.2) is 4.98 Å². The number of nitro groups is 1. The number of ether oxygens (including phenoxy) is 3. The molecule has 0 N–H and O–H groups in total. The van der Waals surface area contributed by atoms with Crippen LogP contribution < -0.4 is 14.2 Å². The number of rotatable bonds is 6. The van der Waals surface area contributed by atoms with Crippen LogP contribution in [-0.4, -0.2) is 47.0 Å². The first kappa shape index (κ1) is 21.4. The first-order chi connectivity index (χ1) is 15.4. The summed E-state index contributed by atoms with van der Waals surface area (Å²) in [6.07, 6.45) is 1.58. The first-order valence-electron chi connectivity index (χ1n) is 10.3. The third-order valence-corrected chi connectivity index (χ3v) is 5.39. The van der Waals surface area contributed by atoms with Crippen molar-refractivity contribution in [1.29, 1.82) is 0 Å². The molecule has 0 radical (unpaired) electrons. The zero-order chi connectivity index (χ0) is 22.7. The van der Waals surface area contributed by atoms with Crippen molar-refractivity contribution in [3.05, 3.63) is 58.6 Å². The highest BCUT2D eigenvalue weighted by Gasteiger charge is 2.22. The molecule has 3 aromatic rings. The van der Waals surface area contributed by atoms with Gasteiger partial charge in [0.25, 0.3) is 5.69 Å². The molecule has 9 nitrogen and oxygen atoms in total. The predicted molar refractivity (Wildman–Crippen MR) is 117 cm³/mol. The lowest BCUT2D eigenvalue weighted by molar-refractivity contribution is -0.384. The fraction of sp³-hybridized carbons (Fsp3) is 0.304. The van der Waals surface area contributed by atoms with Gasteiger partial charge in [-0.15, -0.1) is 0 Å². The van der Waals surface area contributed by atoms with Gasteiger partial charge >= 0.3 is 0 Å². The van der Waals surface area contributed by atoms with E-state index in [4.69, 9.17) is 14.2 Å². The van der Waals surface area contributed by atoms with E-state index in [9.17, 15) is 14.9 Å². The van der Waals surface area contributed by atoms with E-state index in [0.717, 1.165) is 18.2 Å². The van der Waals surface area contributed by atoms with Crippen LogP contribution in [0, 0.1) is 10.1 Å². The summed E-state index contributed by atoms with van der Waals surface area (Å²) in [6, 6.07) is 13.1. The predicted octanol–water partition coefficient (Wildman–Crippen LogP) is 4.33. The SMILES string of the molecule is COc1cc(Oc2ccc([N+](=O)[O-])cc2)c2ccc(OC3CCN(C(C)=O)CC3)cc2n1. The molecule has 166 valence electrons. The van der Waals surface area contributed by atoms with E-state index in [1.165, 1.54) is 19.2 Å². The van der Waals surface area contributed by atoms with Gasteiger partial charge in [0, 0.05) is 62.5 Å². The van der Waals surface area contributed by atoms with Crippen LogP contribution in [0.1, 0.15) is 19.8 Å². The highest BCUT2D eigenvalue weighted by Crippen LogP contribution is 2.35. The van der Waals surface area contributed by atoms with Gasteiger partial charge in [0.2, 0.25) is 11.8 Å². The number of methoxy groups -OCH3 is 1. The summed E-state index contributed by atoms with van der Waals surface area (Å²) in [4.78, 5) is 28.2. The van der Waals surface area contributed by atoms with E-state index in [1.807, 2.05) is 23.1 Å². The van der Waals surface area contributed by atoms with Crippen molar-refractivity contribution in [2.24, 2.45) is 0 Å². The third-order valence-electron chi connectivity index (χ3n) is 5.39. The molecule has 1 fully saturated rings. The Morgan fingerprint density at radius 3 is 2.41 bits per heavy atom. The minimum atomic E-state index is -0.458. The molecule has 1 amide bonds. The van der Waals surface area contributed by atoms with E-state index >= 15 is 0 Å². The fourth-order valence-electron chi connectivity index (χ4n) is 3.66. The largest absolute Gasteiger partial charge is 0.490 e. The molecule has 1 aromatic heterocycles. The monoisotopic (exact) mass is 437 g/mol. The van der Waals surface area contributed by atoms with Gasteiger partial charge in [-0.1, -0.05) is 0 Å². The second-order valence-electron chi connectivity index (χ2n) is 7.52. The van der Waals surface area contributed by atoms with Crippen LogP contribution in [0.3, 0.4) is 0 Å². The average Bonchev–Trinajstić information content (AvgIpc) is 2.79. The van der Waals surface area contributed by atoms with Gasteiger partial charge in [0.1, 0.15) is 23.4 Å². The number of nitro benzene ring substituents is 1. The molecule has 1 aliphatic heterocycles. The summed E-state index contributed by atoms with van der Waals surface area (Å²) in [5, 5.41) is 11.6. The van der Waals surface area contributed by atoms with Crippen molar-refractivity contribution in [3.63, 3.8) is 0 Å². The first-order valence-corrected chi connectivity index (χ1v) is 10.3. The van der Waals surface area contributed by atoms with Gasteiger partial charge < -0.3 is 19.1 Å².